The predicted octanol–water partition coefficient (Wildman–Crippen LogP) is 3.34. The first-order valence-corrected chi connectivity index (χ1v) is 12.1. The molecular weight excluding hydrogens is 400 g/mol. The molecule has 174 valence electrons. The van der Waals surface area contributed by atoms with Crippen LogP contribution < -0.4 is 5.32 Å². The van der Waals surface area contributed by atoms with Gasteiger partial charge in [-0.1, -0.05) is 37.1 Å². The first kappa shape index (κ1) is 22.8. The van der Waals surface area contributed by atoms with E-state index in [1.165, 1.54) is 49.9 Å². The molecule has 0 saturated carbocycles. The Morgan fingerprint density at radius 2 is 1.84 bits per heavy atom. The Labute approximate surface area is 192 Å². The maximum absolute atomic E-state index is 6.00. The molecule has 1 aromatic carbocycles. The molecule has 7 nitrogen and oxygen atoms in total. The largest absolute Gasteiger partial charge is 0.370 e. The van der Waals surface area contributed by atoms with Crippen molar-refractivity contribution in [1.82, 2.24) is 24.9 Å². The minimum atomic E-state index is 0.0274. The summed E-state index contributed by atoms with van der Waals surface area (Å²) in [6.07, 6.45) is 9.39. The molecule has 0 spiro atoms. The number of hydrogen-bond donors (Lipinski definition) is 1. The fourth-order valence-electron chi connectivity index (χ4n) is 4.54. The second-order valence-corrected chi connectivity index (χ2v) is 8.93. The summed E-state index contributed by atoms with van der Waals surface area (Å²) in [5.41, 5.74) is 3.77. The summed E-state index contributed by atoms with van der Waals surface area (Å²) in [5, 5.41) is 7.76. The van der Waals surface area contributed by atoms with E-state index in [4.69, 9.17) is 9.73 Å². The van der Waals surface area contributed by atoms with Crippen LogP contribution in [-0.4, -0.2) is 64.9 Å². The smallest absolute Gasteiger partial charge is 0.194 e. The van der Waals surface area contributed by atoms with Crippen molar-refractivity contribution in [2.45, 2.75) is 51.8 Å². The van der Waals surface area contributed by atoms with Crippen LogP contribution in [0, 0.1) is 0 Å². The van der Waals surface area contributed by atoms with Crippen molar-refractivity contribution in [1.29, 1.82) is 0 Å². The SMILES string of the molecule is CCNC(=NCc1ccc(CN2CCCCCC2)cc1)N1CCOC(c2cnn(C)c2)C1. The molecular formula is C25H38N6O. The topological polar surface area (TPSA) is 57.9 Å². The van der Waals surface area contributed by atoms with Gasteiger partial charge in [0.1, 0.15) is 6.10 Å². The summed E-state index contributed by atoms with van der Waals surface area (Å²) >= 11 is 0. The molecule has 0 bridgehead atoms. The predicted molar refractivity (Wildman–Crippen MR) is 128 cm³/mol. The maximum Gasteiger partial charge on any atom is 0.194 e. The minimum Gasteiger partial charge on any atom is -0.370 e. The minimum absolute atomic E-state index is 0.0274. The molecule has 7 heteroatoms. The standard InChI is InChI=1S/C25H38N6O/c1-3-26-25(31-14-15-32-24(20-31)23-17-28-29(2)19-23)27-16-21-8-10-22(11-9-21)18-30-12-6-4-5-7-13-30/h8-11,17,19,24H,3-7,12-16,18,20H2,1-2H3,(H,26,27). The van der Waals surface area contributed by atoms with Crippen LogP contribution in [0.4, 0.5) is 0 Å². The Balaban J connectivity index is 1.36. The molecule has 2 saturated heterocycles. The Morgan fingerprint density at radius 3 is 2.53 bits per heavy atom. The summed E-state index contributed by atoms with van der Waals surface area (Å²) in [4.78, 5) is 9.84. The number of rotatable bonds is 6. The average Bonchev–Trinajstić information content (AvgIpc) is 3.09. The number of morpholine rings is 1. The fourth-order valence-corrected chi connectivity index (χ4v) is 4.54. The number of aliphatic imine (C=N–C) groups is 1. The van der Waals surface area contributed by atoms with Crippen molar-refractivity contribution in [3.05, 3.63) is 53.3 Å². The molecule has 1 aromatic heterocycles. The number of likely N-dealkylation sites (tertiary alicyclic amines) is 1. The third-order valence-electron chi connectivity index (χ3n) is 6.34. The monoisotopic (exact) mass is 438 g/mol. The van der Waals surface area contributed by atoms with Gasteiger partial charge in [-0.2, -0.15) is 5.10 Å². The van der Waals surface area contributed by atoms with Gasteiger partial charge in [-0.15, -0.1) is 0 Å². The highest BCUT2D eigenvalue weighted by molar-refractivity contribution is 5.80. The van der Waals surface area contributed by atoms with Crippen LogP contribution >= 0.6 is 0 Å². The Kier molecular flexibility index (Phi) is 8.18. The highest BCUT2D eigenvalue weighted by Crippen LogP contribution is 2.22. The first-order chi connectivity index (χ1) is 15.7. The molecule has 4 rings (SSSR count). The van der Waals surface area contributed by atoms with E-state index >= 15 is 0 Å². The second-order valence-electron chi connectivity index (χ2n) is 8.93. The van der Waals surface area contributed by atoms with Crippen molar-refractivity contribution in [3.63, 3.8) is 0 Å². The van der Waals surface area contributed by atoms with Crippen LogP contribution in [0.1, 0.15) is 55.4 Å². The molecule has 1 unspecified atom stereocenters. The van der Waals surface area contributed by atoms with Crippen molar-refractivity contribution < 1.29 is 4.74 Å². The lowest BCUT2D eigenvalue weighted by Crippen LogP contribution is -2.48. The van der Waals surface area contributed by atoms with E-state index in [9.17, 15) is 0 Å². The van der Waals surface area contributed by atoms with Crippen molar-refractivity contribution in [3.8, 4) is 0 Å². The lowest BCUT2D eigenvalue weighted by Gasteiger charge is -2.34. The van der Waals surface area contributed by atoms with Crippen molar-refractivity contribution in [2.24, 2.45) is 12.0 Å². The zero-order chi connectivity index (χ0) is 22.2. The molecule has 3 heterocycles. The van der Waals surface area contributed by atoms with Gasteiger partial charge in [0.25, 0.3) is 0 Å². The Morgan fingerprint density at radius 1 is 1.09 bits per heavy atom. The molecule has 32 heavy (non-hydrogen) atoms. The summed E-state index contributed by atoms with van der Waals surface area (Å²) in [7, 11) is 1.94. The van der Waals surface area contributed by atoms with Gasteiger partial charge in [-0.25, -0.2) is 4.99 Å². The van der Waals surface area contributed by atoms with Gasteiger partial charge in [0.2, 0.25) is 0 Å². The third kappa shape index (κ3) is 6.33. The van der Waals surface area contributed by atoms with E-state index in [2.05, 4.69) is 51.4 Å². The van der Waals surface area contributed by atoms with Gasteiger partial charge >= 0.3 is 0 Å². The number of ether oxygens (including phenoxy) is 1. The zero-order valence-corrected chi connectivity index (χ0v) is 19.7. The van der Waals surface area contributed by atoms with Crippen LogP contribution in [-0.2, 0) is 24.9 Å². The summed E-state index contributed by atoms with van der Waals surface area (Å²) in [6.45, 7) is 9.50. The van der Waals surface area contributed by atoms with E-state index in [1.54, 1.807) is 0 Å². The van der Waals surface area contributed by atoms with Crippen LogP contribution in [0.2, 0.25) is 0 Å². The number of hydrogen-bond acceptors (Lipinski definition) is 4. The number of aryl methyl sites for hydroxylation is 1. The lowest BCUT2D eigenvalue weighted by molar-refractivity contribution is -0.00805. The van der Waals surface area contributed by atoms with Crippen LogP contribution in [0.3, 0.4) is 0 Å². The van der Waals surface area contributed by atoms with Crippen molar-refractivity contribution >= 4 is 5.96 Å². The third-order valence-corrected chi connectivity index (χ3v) is 6.34. The summed E-state index contributed by atoms with van der Waals surface area (Å²) < 4.78 is 7.83. The van der Waals surface area contributed by atoms with E-state index in [0.29, 0.717) is 13.2 Å². The molecule has 0 aliphatic carbocycles. The molecule has 1 N–H and O–H groups in total. The molecule has 2 aliphatic rings. The molecule has 0 radical (unpaired) electrons. The van der Waals surface area contributed by atoms with E-state index in [0.717, 1.165) is 37.7 Å². The molecule has 0 amide bonds. The lowest BCUT2D eigenvalue weighted by atomic mass is 10.1. The number of nitrogens with one attached hydrogen (secondary N) is 1. The Hall–Kier alpha value is -2.38. The maximum atomic E-state index is 6.00. The van der Waals surface area contributed by atoms with E-state index < -0.39 is 0 Å². The van der Waals surface area contributed by atoms with Crippen molar-refractivity contribution in [2.75, 3.05) is 39.3 Å². The van der Waals surface area contributed by atoms with E-state index in [1.807, 2.05) is 24.1 Å². The highest BCUT2D eigenvalue weighted by Gasteiger charge is 2.25. The Bertz CT molecular complexity index is 854. The van der Waals surface area contributed by atoms with Crippen LogP contribution in [0.15, 0.2) is 41.7 Å². The van der Waals surface area contributed by atoms with E-state index in [-0.39, 0.29) is 6.10 Å². The van der Waals surface area contributed by atoms with Gasteiger partial charge in [0.05, 0.1) is 25.9 Å². The molecule has 2 aliphatic heterocycles. The molecule has 1 atom stereocenters. The fraction of sp³-hybridized carbons (Fsp3) is 0.600. The van der Waals surface area contributed by atoms with Gasteiger partial charge in [-0.3, -0.25) is 9.58 Å². The number of guanidine groups is 1. The second kappa shape index (κ2) is 11.5. The van der Waals surface area contributed by atoms with Crippen LogP contribution in [0.5, 0.6) is 0 Å². The highest BCUT2D eigenvalue weighted by atomic mass is 16.5. The molecule has 2 aromatic rings. The van der Waals surface area contributed by atoms with Gasteiger partial charge in [0.15, 0.2) is 5.96 Å². The zero-order valence-electron chi connectivity index (χ0n) is 19.7. The summed E-state index contributed by atoms with van der Waals surface area (Å²) in [5.74, 6) is 0.957. The quantitative estimate of drug-likeness (QED) is 0.554. The van der Waals surface area contributed by atoms with Crippen LogP contribution in [0.25, 0.3) is 0 Å². The number of nitrogens with zero attached hydrogens (tertiary/aromatic N) is 5. The van der Waals surface area contributed by atoms with Gasteiger partial charge < -0.3 is 15.0 Å². The number of benzene rings is 1. The number of aromatic nitrogens is 2. The summed E-state index contributed by atoms with van der Waals surface area (Å²) in [6, 6.07) is 9.02. The normalized spacial score (nSPS) is 20.9. The molecule has 2 fully saturated rings. The van der Waals surface area contributed by atoms with Gasteiger partial charge in [-0.05, 0) is 44.0 Å². The first-order valence-electron chi connectivity index (χ1n) is 12.1. The average molecular weight is 439 g/mol. The van der Waals surface area contributed by atoms with Gasteiger partial charge in [0, 0.05) is 38.4 Å².